The third kappa shape index (κ3) is 2.10. The largest absolute Gasteiger partial charge is 0.496 e. The second-order valence-corrected chi connectivity index (χ2v) is 3.31. The molecule has 2 N–H and O–H groups in total. The minimum absolute atomic E-state index is 0.716. The number of anilines is 1. The molecule has 0 spiro atoms. The highest BCUT2D eigenvalue weighted by Gasteiger charge is 2.03. The molecule has 4 nitrogen and oxygen atoms in total. The molecule has 0 unspecified atom stereocenters. The zero-order valence-corrected chi connectivity index (χ0v) is 8.55. The first-order chi connectivity index (χ1) is 7.29. The van der Waals surface area contributed by atoms with Gasteiger partial charge in [-0.1, -0.05) is 0 Å². The van der Waals surface area contributed by atoms with Gasteiger partial charge in [0.1, 0.15) is 5.75 Å². The van der Waals surface area contributed by atoms with E-state index in [-0.39, 0.29) is 0 Å². The standard InChI is InChI=1S/C11H13N3O/c1-15-11-3-2-10(12)6-9(11)7-14-5-4-13-8-14/h2-6,8H,7,12H2,1H3. The molecule has 0 aliphatic rings. The lowest BCUT2D eigenvalue weighted by atomic mass is 10.2. The van der Waals surface area contributed by atoms with Gasteiger partial charge in [-0.15, -0.1) is 0 Å². The molecule has 2 rings (SSSR count). The number of ether oxygens (including phenoxy) is 1. The van der Waals surface area contributed by atoms with E-state index in [1.165, 1.54) is 0 Å². The van der Waals surface area contributed by atoms with E-state index in [0.29, 0.717) is 6.54 Å². The number of hydrogen-bond donors (Lipinski definition) is 1. The number of hydrogen-bond acceptors (Lipinski definition) is 3. The monoisotopic (exact) mass is 203 g/mol. The van der Waals surface area contributed by atoms with Gasteiger partial charge in [0.05, 0.1) is 20.0 Å². The number of benzene rings is 1. The van der Waals surface area contributed by atoms with Crippen molar-refractivity contribution in [3.63, 3.8) is 0 Å². The van der Waals surface area contributed by atoms with Crippen LogP contribution in [0.2, 0.25) is 0 Å². The molecule has 1 aromatic carbocycles. The van der Waals surface area contributed by atoms with Crippen LogP contribution in [0, 0.1) is 0 Å². The van der Waals surface area contributed by atoms with Gasteiger partial charge in [0.25, 0.3) is 0 Å². The smallest absolute Gasteiger partial charge is 0.124 e. The van der Waals surface area contributed by atoms with Crippen molar-refractivity contribution in [1.29, 1.82) is 0 Å². The SMILES string of the molecule is COc1ccc(N)cc1Cn1ccnc1. The van der Waals surface area contributed by atoms with Gasteiger partial charge in [-0.25, -0.2) is 4.98 Å². The zero-order valence-electron chi connectivity index (χ0n) is 8.55. The minimum Gasteiger partial charge on any atom is -0.496 e. The number of nitrogens with zero attached hydrogens (tertiary/aromatic N) is 2. The van der Waals surface area contributed by atoms with E-state index in [0.717, 1.165) is 17.0 Å². The Hall–Kier alpha value is -1.97. The summed E-state index contributed by atoms with van der Waals surface area (Å²) in [6, 6.07) is 5.62. The van der Waals surface area contributed by atoms with E-state index in [9.17, 15) is 0 Å². The minimum atomic E-state index is 0.716. The fourth-order valence-corrected chi connectivity index (χ4v) is 1.50. The molecule has 78 valence electrons. The van der Waals surface area contributed by atoms with Crippen molar-refractivity contribution in [3.8, 4) is 5.75 Å². The van der Waals surface area contributed by atoms with Crippen molar-refractivity contribution in [3.05, 3.63) is 42.5 Å². The molecule has 0 amide bonds. The Morgan fingerprint density at radius 2 is 2.33 bits per heavy atom. The number of aromatic nitrogens is 2. The topological polar surface area (TPSA) is 53.1 Å². The van der Waals surface area contributed by atoms with E-state index in [4.69, 9.17) is 10.5 Å². The molecule has 1 heterocycles. The van der Waals surface area contributed by atoms with E-state index in [1.807, 2.05) is 29.0 Å². The number of nitrogen functional groups attached to an aromatic ring is 1. The third-order valence-corrected chi connectivity index (χ3v) is 2.22. The second-order valence-electron chi connectivity index (χ2n) is 3.31. The van der Waals surface area contributed by atoms with Gasteiger partial charge in [-0.2, -0.15) is 0 Å². The molecule has 4 heteroatoms. The van der Waals surface area contributed by atoms with E-state index < -0.39 is 0 Å². The number of nitrogens with two attached hydrogens (primary N) is 1. The first kappa shape index (κ1) is 9.58. The average Bonchev–Trinajstić information content (AvgIpc) is 2.71. The van der Waals surface area contributed by atoms with Gasteiger partial charge >= 0.3 is 0 Å². The summed E-state index contributed by atoms with van der Waals surface area (Å²) in [4.78, 5) is 3.99. The predicted octanol–water partition coefficient (Wildman–Crippen LogP) is 1.52. The maximum Gasteiger partial charge on any atom is 0.124 e. The van der Waals surface area contributed by atoms with Crippen LogP contribution in [0.4, 0.5) is 5.69 Å². The lowest BCUT2D eigenvalue weighted by Gasteiger charge is -2.09. The van der Waals surface area contributed by atoms with Crippen LogP contribution in [-0.2, 0) is 6.54 Å². The molecule has 0 atom stereocenters. The highest BCUT2D eigenvalue weighted by atomic mass is 16.5. The molecule has 0 fully saturated rings. The number of imidazole rings is 1. The van der Waals surface area contributed by atoms with E-state index >= 15 is 0 Å². The van der Waals surface area contributed by atoms with Gasteiger partial charge in [0.2, 0.25) is 0 Å². The second kappa shape index (κ2) is 4.04. The van der Waals surface area contributed by atoms with E-state index in [2.05, 4.69) is 4.98 Å². The molecular weight excluding hydrogens is 190 g/mol. The van der Waals surface area contributed by atoms with Crippen LogP contribution in [0.5, 0.6) is 5.75 Å². The van der Waals surface area contributed by atoms with Crippen molar-refractivity contribution < 1.29 is 4.74 Å². The molecule has 1 aromatic heterocycles. The lowest BCUT2D eigenvalue weighted by Crippen LogP contribution is -2.00. The van der Waals surface area contributed by atoms with Crippen molar-refractivity contribution >= 4 is 5.69 Å². The molecule has 0 saturated heterocycles. The molecule has 0 saturated carbocycles. The Labute approximate surface area is 88.3 Å². The fraction of sp³-hybridized carbons (Fsp3) is 0.182. The van der Waals surface area contributed by atoms with Gasteiger partial charge in [0, 0.05) is 23.6 Å². The zero-order chi connectivity index (χ0) is 10.7. The van der Waals surface area contributed by atoms with Crippen LogP contribution in [0.25, 0.3) is 0 Å². The molecule has 2 aromatic rings. The lowest BCUT2D eigenvalue weighted by molar-refractivity contribution is 0.408. The van der Waals surface area contributed by atoms with Crippen molar-refractivity contribution in [2.75, 3.05) is 12.8 Å². The molecule has 0 bridgehead atoms. The summed E-state index contributed by atoms with van der Waals surface area (Å²) in [5, 5.41) is 0. The Balaban J connectivity index is 2.30. The molecule has 0 radical (unpaired) electrons. The number of methoxy groups -OCH3 is 1. The maximum atomic E-state index is 5.73. The van der Waals surface area contributed by atoms with Crippen LogP contribution >= 0.6 is 0 Å². The van der Waals surface area contributed by atoms with Gasteiger partial charge < -0.3 is 15.0 Å². The van der Waals surface area contributed by atoms with Crippen molar-refractivity contribution in [2.45, 2.75) is 6.54 Å². The van der Waals surface area contributed by atoms with Gasteiger partial charge in [-0.3, -0.25) is 0 Å². The van der Waals surface area contributed by atoms with Crippen LogP contribution in [0.15, 0.2) is 36.9 Å². The molecule has 0 aliphatic heterocycles. The third-order valence-electron chi connectivity index (χ3n) is 2.22. The van der Waals surface area contributed by atoms with Crippen LogP contribution in [0.1, 0.15) is 5.56 Å². The highest BCUT2D eigenvalue weighted by Crippen LogP contribution is 2.21. The molecular formula is C11H13N3O. The summed E-state index contributed by atoms with van der Waals surface area (Å²) in [6.45, 7) is 0.716. The van der Waals surface area contributed by atoms with Gasteiger partial charge in [0.15, 0.2) is 0 Å². The fourth-order valence-electron chi connectivity index (χ4n) is 1.50. The summed E-state index contributed by atoms with van der Waals surface area (Å²) in [7, 11) is 1.66. The first-order valence-corrected chi connectivity index (χ1v) is 4.67. The van der Waals surface area contributed by atoms with Crippen LogP contribution in [0.3, 0.4) is 0 Å². The summed E-state index contributed by atoms with van der Waals surface area (Å²) >= 11 is 0. The summed E-state index contributed by atoms with van der Waals surface area (Å²) in [6.07, 6.45) is 5.42. The van der Waals surface area contributed by atoms with Crippen molar-refractivity contribution in [2.24, 2.45) is 0 Å². The highest BCUT2D eigenvalue weighted by molar-refractivity contribution is 5.47. The quantitative estimate of drug-likeness (QED) is 0.769. The molecule has 0 aliphatic carbocycles. The van der Waals surface area contributed by atoms with Crippen LogP contribution in [-0.4, -0.2) is 16.7 Å². The maximum absolute atomic E-state index is 5.73. The van der Waals surface area contributed by atoms with E-state index in [1.54, 1.807) is 19.6 Å². The van der Waals surface area contributed by atoms with Crippen molar-refractivity contribution in [1.82, 2.24) is 9.55 Å². The number of rotatable bonds is 3. The summed E-state index contributed by atoms with van der Waals surface area (Å²) in [5.41, 5.74) is 7.52. The predicted molar refractivity (Wildman–Crippen MR) is 58.7 cm³/mol. The Bertz CT molecular complexity index is 437. The van der Waals surface area contributed by atoms with Crippen LogP contribution < -0.4 is 10.5 Å². The Morgan fingerprint density at radius 3 is 3.00 bits per heavy atom. The normalized spacial score (nSPS) is 10.2. The van der Waals surface area contributed by atoms with Gasteiger partial charge in [-0.05, 0) is 18.2 Å². The molecule has 15 heavy (non-hydrogen) atoms. The Kier molecular flexibility index (Phi) is 2.58. The summed E-state index contributed by atoms with van der Waals surface area (Å²) < 4.78 is 7.23. The summed E-state index contributed by atoms with van der Waals surface area (Å²) in [5.74, 6) is 0.845. The Morgan fingerprint density at radius 1 is 1.47 bits per heavy atom. The average molecular weight is 203 g/mol. The first-order valence-electron chi connectivity index (χ1n) is 4.67.